The highest BCUT2D eigenvalue weighted by Crippen LogP contribution is 2.33. The van der Waals surface area contributed by atoms with Crippen molar-refractivity contribution in [1.82, 2.24) is 20.0 Å². The Morgan fingerprint density at radius 2 is 1.82 bits per heavy atom. The predicted molar refractivity (Wildman–Crippen MR) is 114 cm³/mol. The summed E-state index contributed by atoms with van der Waals surface area (Å²) in [6.45, 7) is 8.90. The lowest BCUT2D eigenvalue weighted by molar-refractivity contribution is 0.119. The van der Waals surface area contributed by atoms with Gasteiger partial charge in [-0.05, 0) is 50.7 Å². The number of likely N-dealkylation sites (N-methyl/N-ethyl adjacent to an activating group) is 2. The molecular weight excluding hydrogens is 354 g/mol. The molecule has 156 valence electrons. The van der Waals surface area contributed by atoms with Gasteiger partial charge in [0, 0.05) is 45.3 Å². The second-order valence-electron chi connectivity index (χ2n) is 7.74. The van der Waals surface area contributed by atoms with Gasteiger partial charge >= 0.3 is 0 Å². The molecule has 2 aliphatic rings. The zero-order valence-corrected chi connectivity index (χ0v) is 18.0. The van der Waals surface area contributed by atoms with Gasteiger partial charge < -0.3 is 24.6 Å². The monoisotopic (exact) mass is 389 g/mol. The van der Waals surface area contributed by atoms with Gasteiger partial charge in [0.2, 0.25) is 0 Å². The summed E-state index contributed by atoms with van der Waals surface area (Å²) in [7, 11) is 7.78. The highest BCUT2D eigenvalue weighted by atomic mass is 16.5. The molecule has 0 spiro atoms. The Balaban J connectivity index is 1.74. The third kappa shape index (κ3) is 4.70. The Labute approximate surface area is 169 Å². The molecular formula is C21H35N5O2. The molecule has 28 heavy (non-hydrogen) atoms. The van der Waals surface area contributed by atoms with E-state index in [0.29, 0.717) is 6.04 Å². The van der Waals surface area contributed by atoms with Gasteiger partial charge in [0.1, 0.15) is 0 Å². The van der Waals surface area contributed by atoms with Crippen molar-refractivity contribution >= 4 is 5.96 Å². The minimum absolute atomic E-state index is 0.467. The molecule has 0 aromatic heterocycles. The van der Waals surface area contributed by atoms with E-state index in [-0.39, 0.29) is 0 Å². The Kier molecular flexibility index (Phi) is 7.02. The van der Waals surface area contributed by atoms with Crippen molar-refractivity contribution < 1.29 is 9.47 Å². The van der Waals surface area contributed by atoms with Crippen molar-refractivity contribution in [3.05, 3.63) is 23.3 Å². The SMILES string of the molecule is CCNC(=NCC1CN(C)CCN1C)N1CCc2cc(OC)c(OC)cc2C1. The van der Waals surface area contributed by atoms with Crippen LogP contribution in [0.15, 0.2) is 17.1 Å². The van der Waals surface area contributed by atoms with E-state index in [4.69, 9.17) is 14.5 Å². The summed E-state index contributed by atoms with van der Waals surface area (Å²) < 4.78 is 11.0. The number of fused-ring (bicyclic) bond motifs is 1. The van der Waals surface area contributed by atoms with E-state index < -0.39 is 0 Å². The van der Waals surface area contributed by atoms with Gasteiger partial charge in [-0.3, -0.25) is 9.89 Å². The molecule has 1 fully saturated rings. The maximum atomic E-state index is 5.49. The van der Waals surface area contributed by atoms with Gasteiger partial charge in [-0.15, -0.1) is 0 Å². The molecule has 0 amide bonds. The number of piperazine rings is 1. The van der Waals surface area contributed by atoms with E-state index in [9.17, 15) is 0 Å². The highest BCUT2D eigenvalue weighted by Gasteiger charge is 2.24. The van der Waals surface area contributed by atoms with E-state index >= 15 is 0 Å². The van der Waals surface area contributed by atoms with E-state index in [1.165, 1.54) is 11.1 Å². The van der Waals surface area contributed by atoms with Crippen LogP contribution in [0.3, 0.4) is 0 Å². The predicted octanol–water partition coefficient (Wildman–Crippen LogP) is 1.27. The fourth-order valence-corrected chi connectivity index (χ4v) is 3.98. The van der Waals surface area contributed by atoms with Crippen LogP contribution in [0.5, 0.6) is 11.5 Å². The maximum absolute atomic E-state index is 5.49. The lowest BCUT2D eigenvalue weighted by Gasteiger charge is -2.37. The summed E-state index contributed by atoms with van der Waals surface area (Å²) >= 11 is 0. The fraction of sp³-hybridized carbons (Fsp3) is 0.667. The molecule has 2 aliphatic heterocycles. The second kappa shape index (κ2) is 9.47. The van der Waals surface area contributed by atoms with Crippen molar-refractivity contribution in [2.24, 2.45) is 4.99 Å². The first-order chi connectivity index (χ1) is 13.5. The minimum atomic E-state index is 0.467. The van der Waals surface area contributed by atoms with Crippen molar-refractivity contribution in [3.63, 3.8) is 0 Å². The molecule has 0 bridgehead atoms. The molecule has 2 heterocycles. The first-order valence-electron chi connectivity index (χ1n) is 10.2. The van der Waals surface area contributed by atoms with Gasteiger partial charge in [0.15, 0.2) is 17.5 Å². The highest BCUT2D eigenvalue weighted by molar-refractivity contribution is 5.80. The van der Waals surface area contributed by atoms with Gasteiger partial charge in [-0.1, -0.05) is 0 Å². The molecule has 1 aromatic carbocycles. The summed E-state index contributed by atoms with van der Waals surface area (Å²) in [5.41, 5.74) is 2.61. The Morgan fingerprint density at radius 3 is 2.50 bits per heavy atom. The summed E-state index contributed by atoms with van der Waals surface area (Å²) in [5, 5.41) is 3.49. The number of methoxy groups -OCH3 is 2. The largest absolute Gasteiger partial charge is 0.493 e. The Morgan fingerprint density at radius 1 is 1.11 bits per heavy atom. The molecule has 1 unspecified atom stereocenters. The van der Waals surface area contributed by atoms with Gasteiger partial charge in [-0.25, -0.2) is 0 Å². The normalized spacial score (nSPS) is 21.4. The first kappa shape index (κ1) is 20.7. The van der Waals surface area contributed by atoms with Crippen LogP contribution in [-0.4, -0.2) is 94.3 Å². The van der Waals surface area contributed by atoms with Crippen molar-refractivity contribution in [1.29, 1.82) is 0 Å². The average Bonchev–Trinajstić information content (AvgIpc) is 2.71. The first-order valence-corrected chi connectivity index (χ1v) is 10.2. The summed E-state index contributed by atoms with van der Waals surface area (Å²) in [4.78, 5) is 12.2. The maximum Gasteiger partial charge on any atom is 0.194 e. The van der Waals surface area contributed by atoms with Crippen LogP contribution in [0.25, 0.3) is 0 Å². The lowest BCUT2D eigenvalue weighted by Crippen LogP contribution is -2.52. The van der Waals surface area contributed by atoms with Crippen LogP contribution >= 0.6 is 0 Å². The summed E-state index contributed by atoms with van der Waals surface area (Å²) in [6, 6.07) is 4.68. The minimum Gasteiger partial charge on any atom is -0.493 e. The van der Waals surface area contributed by atoms with Crippen LogP contribution in [0.4, 0.5) is 0 Å². The van der Waals surface area contributed by atoms with Gasteiger partial charge in [-0.2, -0.15) is 0 Å². The molecule has 1 atom stereocenters. The number of ether oxygens (including phenoxy) is 2. The third-order valence-corrected chi connectivity index (χ3v) is 5.78. The number of aliphatic imine (C=N–C) groups is 1. The Hall–Kier alpha value is -1.99. The van der Waals surface area contributed by atoms with Crippen molar-refractivity contribution in [2.45, 2.75) is 25.9 Å². The van der Waals surface area contributed by atoms with Crippen LogP contribution in [-0.2, 0) is 13.0 Å². The summed E-state index contributed by atoms with van der Waals surface area (Å²) in [6.07, 6.45) is 0.978. The smallest absolute Gasteiger partial charge is 0.194 e. The number of hydrogen-bond donors (Lipinski definition) is 1. The number of rotatable bonds is 5. The van der Waals surface area contributed by atoms with Crippen molar-refractivity contribution in [3.8, 4) is 11.5 Å². The topological polar surface area (TPSA) is 52.6 Å². The fourth-order valence-electron chi connectivity index (χ4n) is 3.98. The molecule has 3 rings (SSSR count). The average molecular weight is 390 g/mol. The van der Waals surface area contributed by atoms with Crippen LogP contribution < -0.4 is 14.8 Å². The molecule has 7 nitrogen and oxygen atoms in total. The zero-order chi connectivity index (χ0) is 20.1. The van der Waals surface area contributed by atoms with E-state index in [1.54, 1.807) is 14.2 Å². The molecule has 0 aliphatic carbocycles. The molecule has 7 heteroatoms. The third-order valence-electron chi connectivity index (χ3n) is 5.78. The molecule has 0 saturated carbocycles. The number of nitrogens with zero attached hydrogens (tertiary/aromatic N) is 4. The summed E-state index contributed by atoms with van der Waals surface area (Å²) in [5.74, 6) is 2.60. The number of benzene rings is 1. The Bertz CT molecular complexity index is 694. The molecule has 1 aromatic rings. The standard InChI is InChI=1S/C21H35N5O2/c1-6-22-21(23-13-18-15-24(2)9-10-25(18)3)26-8-7-16-11-19(27-4)20(28-5)12-17(16)14-26/h11-12,18H,6-10,13-15H2,1-5H3,(H,22,23). The quantitative estimate of drug-likeness (QED) is 0.605. The zero-order valence-electron chi connectivity index (χ0n) is 18.0. The second-order valence-corrected chi connectivity index (χ2v) is 7.74. The molecule has 1 saturated heterocycles. The van der Waals surface area contributed by atoms with Crippen molar-refractivity contribution in [2.75, 3.05) is 67.6 Å². The lowest BCUT2D eigenvalue weighted by atomic mass is 9.99. The van der Waals surface area contributed by atoms with E-state index in [2.05, 4.69) is 53.2 Å². The van der Waals surface area contributed by atoms with Crippen LogP contribution in [0.2, 0.25) is 0 Å². The molecule has 1 N–H and O–H groups in total. The van der Waals surface area contributed by atoms with Gasteiger partial charge in [0.25, 0.3) is 0 Å². The van der Waals surface area contributed by atoms with Crippen LogP contribution in [0.1, 0.15) is 18.1 Å². The number of hydrogen-bond acceptors (Lipinski definition) is 5. The number of nitrogens with one attached hydrogen (secondary N) is 1. The molecule has 0 radical (unpaired) electrons. The van der Waals surface area contributed by atoms with Gasteiger partial charge in [0.05, 0.1) is 20.8 Å². The van der Waals surface area contributed by atoms with E-state index in [0.717, 1.165) is 69.7 Å². The number of guanidine groups is 1. The van der Waals surface area contributed by atoms with Crippen LogP contribution in [0, 0.1) is 0 Å². The van der Waals surface area contributed by atoms with E-state index in [1.807, 2.05) is 0 Å².